The van der Waals surface area contributed by atoms with Crippen molar-refractivity contribution in [1.82, 2.24) is 9.78 Å². The van der Waals surface area contributed by atoms with Crippen molar-refractivity contribution in [3.63, 3.8) is 0 Å². The largest absolute Gasteiger partial charge is 0.461 e. The topological polar surface area (TPSA) is 44.1 Å². The molecule has 0 saturated carbocycles. The number of carbonyl (C=O) groups excluding carboxylic acids is 1. The third-order valence-electron chi connectivity index (χ3n) is 2.50. The number of carbonyl (C=O) groups is 1. The van der Waals surface area contributed by atoms with Crippen LogP contribution >= 0.6 is 15.9 Å². The molecule has 1 aromatic heterocycles. The Labute approximate surface area is 96.7 Å². The van der Waals surface area contributed by atoms with E-state index in [2.05, 4.69) is 21.0 Å². The van der Waals surface area contributed by atoms with Gasteiger partial charge in [0.1, 0.15) is 0 Å². The minimum absolute atomic E-state index is 0.341. The lowest BCUT2D eigenvalue weighted by atomic mass is 10.1. The first-order chi connectivity index (χ1) is 7.24. The van der Waals surface area contributed by atoms with Crippen LogP contribution in [0, 0.1) is 0 Å². The third-order valence-corrected chi connectivity index (χ3v) is 3.33. The van der Waals surface area contributed by atoms with Crippen LogP contribution in [0.5, 0.6) is 0 Å². The number of aromatic nitrogens is 2. The van der Waals surface area contributed by atoms with Gasteiger partial charge in [0.15, 0.2) is 5.69 Å². The predicted octanol–water partition coefficient (Wildman–Crippen LogP) is 2.16. The smallest absolute Gasteiger partial charge is 0.360 e. The highest BCUT2D eigenvalue weighted by Gasteiger charge is 2.23. The first-order valence-corrected chi connectivity index (χ1v) is 5.95. The summed E-state index contributed by atoms with van der Waals surface area (Å²) in [6, 6.07) is 0. The molecule has 0 saturated heterocycles. The fraction of sp³-hybridized carbons (Fsp3) is 0.600. The Hall–Kier alpha value is -0.840. The lowest BCUT2D eigenvalue weighted by Gasteiger charge is -2.12. The lowest BCUT2D eigenvalue weighted by Crippen LogP contribution is -2.11. The van der Waals surface area contributed by atoms with Crippen molar-refractivity contribution in [2.24, 2.45) is 0 Å². The molecule has 0 fully saturated rings. The summed E-state index contributed by atoms with van der Waals surface area (Å²) in [5.74, 6) is -0.341. The molecule has 1 aromatic rings. The van der Waals surface area contributed by atoms with E-state index >= 15 is 0 Å². The fourth-order valence-corrected chi connectivity index (χ4v) is 2.43. The monoisotopic (exact) mass is 272 g/mol. The van der Waals surface area contributed by atoms with Gasteiger partial charge in [-0.05, 0) is 42.1 Å². The molecule has 2 rings (SSSR count). The van der Waals surface area contributed by atoms with Crippen LogP contribution in [0.25, 0.3) is 0 Å². The maximum absolute atomic E-state index is 11.6. The first kappa shape index (κ1) is 10.7. The Morgan fingerprint density at radius 1 is 1.60 bits per heavy atom. The average molecular weight is 273 g/mol. The van der Waals surface area contributed by atoms with Crippen molar-refractivity contribution in [2.45, 2.75) is 32.7 Å². The van der Waals surface area contributed by atoms with E-state index in [1.54, 1.807) is 6.92 Å². The molecule has 0 bridgehead atoms. The maximum atomic E-state index is 11.6. The molecule has 0 aliphatic carbocycles. The van der Waals surface area contributed by atoms with Gasteiger partial charge in [-0.2, -0.15) is 5.10 Å². The maximum Gasteiger partial charge on any atom is 0.360 e. The molecule has 0 radical (unpaired) electrons. The van der Waals surface area contributed by atoms with Crippen molar-refractivity contribution in [3.05, 3.63) is 15.9 Å². The highest BCUT2D eigenvalue weighted by molar-refractivity contribution is 9.10. The van der Waals surface area contributed by atoms with Gasteiger partial charge in [0.2, 0.25) is 0 Å². The molecular formula is C10H13BrN2O2. The Balaban J connectivity index is 2.32. The number of hydrogen-bond acceptors (Lipinski definition) is 3. The van der Waals surface area contributed by atoms with Crippen LogP contribution in [-0.4, -0.2) is 22.4 Å². The second-order valence-electron chi connectivity index (χ2n) is 3.51. The van der Waals surface area contributed by atoms with Crippen molar-refractivity contribution >= 4 is 21.9 Å². The van der Waals surface area contributed by atoms with Crippen molar-refractivity contribution in [1.29, 1.82) is 0 Å². The van der Waals surface area contributed by atoms with E-state index in [0.29, 0.717) is 12.3 Å². The summed E-state index contributed by atoms with van der Waals surface area (Å²) in [4.78, 5) is 11.6. The number of fused-ring (bicyclic) bond motifs is 1. The summed E-state index contributed by atoms with van der Waals surface area (Å²) in [6.07, 6.45) is 3.27. The molecule has 0 atom stereocenters. The van der Waals surface area contributed by atoms with Gasteiger partial charge in [-0.15, -0.1) is 0 Å². The highest BCUT2D eigenvalue weighted by Crippen LogP contribution is 2.26. The molecule has 0 aromatic carbocycles. The first-order valence-electron chi connectivity index (χ1n) is 5.16. The predicted molar refractivity (Wildman–Crippen MR) is 58.8 cm³/mol. The summed E-state index contributed by atoms with van der Waals surface area (Å²) >= 11 is 3.42. The van der Waals surface area contributed by atoms with Crippen LogP contribution in [0.1, 0.15) is 35.9 Å². The van der Waals surface area contributed by atoms with Gasteiger partial charge in [0.05, 0.1) is 16.8 Å². The van der Waals surface area contributed by atoms with Gasteiger partial charge in [-0.25, -0.2) is 4.79 Å². The van der Waals surface area contributed by atoms with E-state index in [0.717, 1.165) is 36.0 Å². The summed E-state index contributed by atoms with van der Waals surface area (Å²) < 4.78 is 7.65. The molecule has 2 heterocycles. The lowest BCUT2D eigenvalue weighted by molar-refractivity contribution is 0.0517. The Kier molecular flexibility index (Phi) is 3.09. The van der Waals surface area contributed by atoms with E-state index < -0.39 is 0 Å². The summed E-state index contributed by atoms with van der Waals surface area (Å²) in [5, 5.41) is 4.26. The second kappa shape index (κ2) is 4.35. The van der Waals surface area contributed by atoms with E-state index in [9.17, 15) is 4.79 Å². The quantitative estimate of drug-likeness (QED) is 0.775. The molecule has 5 heteroatoms. The molecule has 0 amide bonds. The summed E-state index contributed by atoms with van der Waals surface area (Å²) in [5.41, 5.74) is 1.53. The van der Waals surface area contributed by atoms with Crippen LogP contribution in [-0.2, 0) is 17.7 Å². The third kappa shape index (κ3) is 1.93. The molecular weight excluding hydrogens is 260 g/mol. The van der Waals surface area contributed by atoms with Gasteiger partial charge >= 0.3 is 5.97 Å². The fourth-order valence-electron chi connectivity index (χ4n) is 1.78. The van der Waals surface area contributed by atoms with Crippen molar-refractivity contribution in [3.8, 4) is 0 Å². The zero-order chi connectivity index (χ0) is 10.8. The van der Waals surface area contributed by atoms with E-state index in [1.165, 1.54) is 0 Å². The van der Waals surface area contributed by atoms with Crippen molar-refractivity contribution < 1.29 is 9.53 Å². The minimum Gasteiger partial charge on any atom is -0.461 e. The number of esters is 1. The number of rotatable bonds is 2. The van der Waals surface area contributed by atoms with Gasteiger partial charge in [-0.3, -0.25) is 4.68 Å². The Morgan fingerprint density at radius 2 is 2.40 bits per heavy atom. The number of aryl methyl sites for hydroxylation is 1. The Morgan fingerprint density at radius 3 is 3.07 bits per heavy atom. The standard InChI is InChI=1S/C10H13BrN2O2/c1-2-15-10(14)9-8(11)7-5-3-4-6-13(7)12-9/h2-6H2,1H3. The molecule has 0 spiro atoms. The number of halogens is 1. The van der Waals surface area contributed by atoms with Gasteiger partial charge in [0.25, 0.3) is 0 Å². The molecule has 4 nitrogen and oxygen atoms in total. The van der Waals surface area contributed by atoms with Crippen LogP contribution in [0.4, 0.5) is 0 Å². The van der Waals surface area contributed by atoms with Gasteiger partial charge in [0, 0.05) is 6.54 Å². The van der Waals surface area contributed by atoms with Crippen molar-refractivity contribution in [2.75, 3.05) is 6.61 Å². The van der Waals surface area contributed by atoms with Crippen LogP contribution in [0.15, 0.2) is 4.47 Å². The van der Waals surface area contributed by atoms with Crippen LogP contribution in [0.2, 0.25) is 0 Å². The normalized spacial score (nSPS) is 14.8. The molecule has 1 aliphatic rings. The van der Waals surface area contributed by atoms with Gasteiger partial charge < -0.3 is 4.74 Å². The summed E-state index contributed by atoms with van der Waals surface area (Å²) in [7, 11) is 0. The van der Waals surface area contributed by atoms with Crippen LogP contribution < -0.4 is 0 Å². The molecule has 82 valence electrons. The van der Waals surface area contributed by atoms with E-state index in [1.807, 2.05) is 4.68 Å². The average Bonchev–Trinajstić information content (AvgIpc) is 2.57. The second-order valence-corrected chi connectivity index (χ2v) is 4.30. The molecule has 0 unspecified atom stereocenters. The molecule has 0 N–H and O–H groups in total. The Bertz CT molecular complexity index is 387. The van der Waals surface area contributed by atoms with Gasteiger partial charge in [-0.1, -0.05) is 0 Å². The van der Waals surface area contributed by atoms with E-state index in [-0.39, 0.29) is 5.97 Å². The highest BCUT2D eigenvalue weighted by atomic mass is 79.9. The SMILES string of the molecule is CCOC(=O)c1nn2c(c1Br)CCCC2. The molecule has 15 heavy (non-hydrogen) atoms. The number of nitrogens with zero attached hydrogens (tertiary/aromatic N) is 2. The summed E-state index contributed by atoms with van der Waals surface area (Å²) in [6.45, 7) is 3.07. The zero-order valence-corrected chi connectivity index (χ0v) is 10.2. The minimum atomic E-state index is -0.341. The number of ether oxygens (including phenoxy) is 1. The molecule has 1 aliphatic heterocycles. The zero-order valence-electron chi connectivity index (χ0n) is 8.62. The van der Waals surface area contributed by atoms with E-state index in [4.69, 9.17) is 4.74 Å². The van der Waals surface area contributed by atoms with Crippen LogP contribution in [0.3, 0.4) is 0 Å². The number of hydrogen-bond donors (Lipinski definition) is 0.